The van der Waals surface area contributed by atoms with Crippen LogP contribution in [-0.2, 0) is 9.47 Å². The Balaban J connectivity index is 2.74. The molecular weight excluding hydrogens is 206 g/mol. The maximum Gasteiger partial charge on any atom is 0.434 e. The van der Waals surface area contributed by atoms with Gasteiger partial charge in [-0.1, -0.05) is 12.2 Å². The highest BCUT2D eigenvalue weighted by Crippen LogP contribution is 2.13. The molecule has 0 saturated carbocycles. The van der Waals surface area contributed by atoms with Crippen LogP contribution < -0.4 is 0 Å². The Morgan fingerprint density at radius 1 is 1.44 bits per heavy atom. The van der Waals surface area contributed by atoms with Crippen LogP contribution in [0.2, 0.25) is 0 Å². The van der Waals surface area contributed by atoms with Crippen molar-refractivity contribution in [1.82, 2.24) is 0 Å². The van der Waals surface area contributed by atoms with Crippen LogP contribution in [0.4, 0.5) is 4.79 Å². The number of methoxy groups -OCH3 is 1. The van der Waals surface area contributed by atoms with Crippen LogP contribution >= 0.6 is 0 Å². The Morgan fingerprint density at radius 3 is 2.69 bits per heavy atom. The van der Waals surface area contributed by atoms with Crippen LogP contribution in [0.25, 0.3) is 0 Å². The molecular formula is C12H17NO3. The summed E-state index contributed by atoms with van der Waals surface area (Å²) in [5.74, 6) is 0.605. The van der Waals surface area contributed by atoms with E-state index in [0.29, 0.717) is 17.9 Å². The maximum absolute atomic E-state index is 11.5. The van der Waals surface area contributed by atoms with Crippen molar-refractivity contribution in [2.24, 2.45) is 4.99 Å². The van der Waals surface area contributed by atoms with Gasteiger partial charge in [-0.2, -0.15) is 4.99 Å². The van der Waals surface area contributed by atoms with Crippen molar-refractivity contribution in [2.45, 2.75) is 32.8 Å². The van der Waals surface area contributed by atoms with Gasteiger partial charge in [0.15, 0.2) is 0 Å². The van der Waals surface area contributed by atoms with Crippen LogP contribution in [0.5, 0.6) is 0 Å². The standard InChI is InChI=1S/C12H17NO3/c1-12(2,3)16-11(14)13-9-7-5-6-8-10(9)15-4/h5-6,8H,7H2,1-4H3/b13-9-. The van der Waals surface area contributed by atoms with E-state index in [1.165, 1.54) is 0 Å². The lowest BCUT2D eigenvalue weighted by atomic mass is 10.1. The molecule has 1 aliphatic carbocycles. The minimum absolute atomic E-state index is 0.525. The van der Waals surface area contributed by atoms with Gasteiger partial charge in [-0.25, -0.2) is 4.79 Å². The normalized spacial score (nSPS) is 18.2. The average molecular weight is 223 g/mol. The molecule has 1 rings (SSSR count). The number of carbonyl (C=O) groups excluding carboxylic acids is 1. The van der Waals surface area contributed by atoms with Gasteiger partial charge in [0.25, 0.3) is 0 Å². The molecule has 0 aromatic rings. The molecule has 0 bridgehead atoms. The van der Waals surface area contributed by atoms with Crippen LogP contribution in [0.3, 0.4) is 0 Å². The summed E-state index contributed by atoms with van der Waals surface area (Å²) in [5.41, 5.74) is 0.0713. The molecule has 0 radical (unpaired) electrons. The number of hydrogen-bond acceptors (Lipinski definition) is 3. The van der Waals surface area contributed by atoms with E-state index >= 15 is 0 Å². The molecule has 88 valence electrons. The van der Waals surface area contributed by atoms with Gasteiger partial charge in [0, 0.05) is 6.42 Å². The van der Waals surface area contributed by atoms with Crippen molar-refractivity contribution in [2.75, 3.05) is 7.11 Å². The van der Waals surface area contributed by atoms with Gasteiger partial charge in [0.1, 0.15) is 11.4 Å². The van der Waals surface area contributed by atoms with Crippen molar-refractivity contribution in [1.29, 1.82) is 0 Å². The third-order valence-corrected chi connectivity index (χ3v) is 1.82. The topological polar surface area (TPSA) is 47.9 Å². The summed E-state index contributed by atoms with van der Waals surface area (Å²) in [5, 5.41) is 0. The second-order valence-corrected chi connectivity index (χ2v) is 4.41. The van der Waals surface area contributed by atoms with Crippen LogP contribution in [0.1, 0.15) is 27.2 Å². The molecule has 16 heavy (non-hydrogen) atoms. The molecule has 0 aromatic heterocycles. The zero-order valence-corrected chi connectivity index (χ0v) is 10.1. The fraction of sp³-hybridized carbons (Fsp3) is 0.500. The van der Waals surface area contributed by atoms with E-state index < -0.39 is 11.7 Å². The molecule has 0 unspecified atom stereocenters. The van der Waals surface area contributed by atoms with Crippen molar-refractivity contribution >= 4 is 11.8 Å². The highest BCUT2D eigenvalue weighted by molar-refractivity contribution is 6.05. The van der Waals surface area contributed by atoms with Crippen LogP contribution in [-0.4, -0.2) is 24.5 Å². The molecule has 1 aliphatic rings. The lowest BCUT2D eigenvalue weighted by Gasteiger charge is -2.18. The van der Waals surface area contributed by atoms with Crippen molar-refractivity contribution in [3.8, 4) is 0 Å². The average Bonchev–Trinajstić information content (AvgIpc) is 2.15. The summed E-state index contributed by atoms with van der Waals surface area (Å²) in [6, 6.07) is 0. The summed E-state index contributed by atoms with van der Waals surface area (Å²) < 4.78 is 10.2. The summed E-state index contributed by atoms with van der Waals surface area (Å²) >= 11 is 0. The first-order chi connectivity index (χ1) is 7.42. The summed E-state index contributed by atoms with van der Waals surface area (Å²) in [4.78, 5) is 15.4. The van der Waals surface area contributed by atoms with E-state index in [4.69, 9.17) is 9.47 Å². The van der Waals surface area contributed by atoms with Crippen LogP contribution in [0.15, 0.2) is 29.0 Å². The molecule has 4 nitrogen and oxygen atoms in total. The van der Waals surface area contributed by atoms with Gasteiger partial charge in [-0.05, 0) is 26.8 Å². The monoisotopic (exact) mass is 223 g/mol. The molecule has 0 spiro atoms. The molecule has 0 fully saturated rings. The van der Waals surface area contributed by atoms with E-state index in [1.807, 2.05) is 12.2 Å². The summed E-state index contributed by atoms with van der Waals surface area (Å²) in [7, 11) is 1.55. The largest absolute Gasteiger partial charge is 0.495 e. The number of hydrogen-bond donors (Lipinski definition) is 0. The SMILES string of the molecule is COC1=CC=CC/C1=N/C(=O)OC(C)(C)C. The van der Waals surface area contributed by atoms with Crippen molar-refractivity contribution < 1.29 is 14.3 Å². The molecule has 0 aliphatic heterocycles. The lowest BCUT2D eigenvalue weighted by molar-refractivity contribution is 0.0603. The van der Waals surface area contributed by atoms with Crippen LogP contribution in [0, 0.1) is 0 Å². The Bertz CT molecular complexity index is 359. The first-order valence-corrected chi connectivity index (χ1v) is 5.14. The number of allylic oxidation sites excluding steroid dienone is 4. The third-order valence-electron chi connectivity index (χ3n) is 1.82. The number of amides is 1. The molecule has 4 heteroatoms. The second-order valence-electron chi connectivity index (χ2n) is 4.41. The van der Waals surface area contributed by atoms with E-state index in [9.17, 15) is 4.79 Å². The molecule has 0 heterocycles. The van der Waals surface area contributed by atoms with E-state index in [1.54, 1.807) is 34.0 Å². The molecule has 0 N–H and O–H groups in total. The van der Waals surface area contributed by atoms with E-state index in [-0.39, 0.29) is 0 Å². The fourth-order valence-electron chi connectivity index (χ4n) is 1.21. The van der Waals surface area contributed by atoms with Gasteiger partial charge >= 0.3 is 6.09 Å². The van der Waals surface area contributed by atoms with Gasteiger partial charge in [-0.3, -0.25) is 0 Å². The van der Waals surface area contributed by atoms with E-state index in [2.05, 4.69) is 4.99 Å². The minimum atomic E-state index is -0.583. The lowest BCUT2D eigenvalue weighted by Crippen LogP contribution is -2.23. The second kappa shape index (κ2) is 4.96. The Morgan fingerprint density at radius 2 is 2.12 bits per heavy atom. The third kappa shape index (κ3) is 3.88. The first kappa shape index (κ1) is 12.5. The number of carbonyl (C=O) groups is 1. The predicted molar refractivity (Wildman–Crippen MR) is 62.5 cm³/mol. The number of rotatable bonds is 1. The fourth-order valence-corrected chi connectivity index (χ4v) is 1.21. The minimum Gasteiger partial charge on any atom is -0.495 e. The quantitative estimate of drug-likeness (QED) is 0.686. The van der Waals surface area contributed by atoms with Gasteiger partial charge in [0.2, 0.25) is 0 Å². The van der Waals surface area contributed by atoms with Crippen molar-refractivity contribution in [3.05, 3.63) is 24.0 Å². The summed E-state index contributed by atoms with van der Waals surface area (Å²) in [6.07, 6.45) is 5.55. The smallest absolute Gasteiger partial charge is 0.434 e. The highest BCUT2D eigenvalue weighted by Gasteiger charge is 2.17. The number of aliphatic imine (C=N–C) groups is 1. The molecule has 0 atom stereocenters. The summed E-state index contributed by atoms with van der Waals surface area (Å²) in [6.45, 7) is 5.41. The highest BCUT2D eigenvalue weighted by atomic mass is 16.6. The van der Waals surface area contributed by atoms with Crippen molar-refractivity contribution in [3.63, 3.8) is 0 Å². The molecule has 0 saturated heterocycles. The molecule has 1 amide bonds. The van der Waals surface area contributed by atoms with E-state index in [0.717, 1.165) is 0 Å². The van der Waals surface area contributed by atoms with Gasteiger partial charge in [-0.15, -0.1) is 0 Å². The Labute approximate surface area is 95.7 Å². The number of ether oxygens (including phenoxy) is 2. The zero-order chi connectivity index (χ0) is 12.2. The van der Waals surface area contributed by atoms with Gasteiger partial charge in [0.05, 0.1) is 12.8 Å². The molecule has 0 aromatic carbocycles. The number of nitrogens with zero attached hydrogens (tertiary/aromatic N) is 1. The Hall–Kier alpha value is -1.58. The predicted octanol–water partition coefficient (Wildman–Crippen LogP) is 2.85. The first-order valence-electron chi connectivity index (χ1n) is 5.14. The van der Waals surface area contributed by atoms with Gasteiger partial charge < -0.3 is 9.47 Å². The zero-order valence-electron chi connectivity index (χ0n) is 10.1. The Kier molecular flexibility index (Phi) is 3.88. The maximum atomic E-state index is 11.5.